The predicted molar refractivity (Wildman–Crippen MR) is 73.5 cm³/mol. The quantitative estimate of drug-likeness (QED) is 0.802. The maximum Gasteiger partial charge on any atom is 0.268 e. The molecule has 0 aromatic carbocycles. The Bertz CT molecular complexity index is 673. The highest BCUT2D eigenvalue weighted by atomic mass is 35.5. The molecule has 0 unspecified atom stereocenters. The van der Waals surface area contributed by atoms with Crippen LogP contribution in [-0.4, -0.2) is 15.9 Å². The zero-order valence-corrected chi connectivity index (χ0v) is 11.4. The van der Waals surface area contributed by atoms with Crippen molar-refractivity contribution in [3.8, 4) is 0 Å². The van der Waals surface area contributed by atoms with E-state index in [4.69, 9.17) is 11.6 Å². The third kappa shape index (κ3) is 3.06. The van der Waals surface area contributed by atoms with Gasteiger partial charge in [0.05, 0.1) is 5.02 Å². The highest BCUT2D eigenvalue weighted by Crippen LogP contribution is 2.09. The summed E-state index contributed by atoms with van der Waals surface area (Å²) in [6.45, 7) is 3.84. The Morgan fingerprint density at radius 2 is 2.11 bits per heavy atom. The zero-order chi connectivity index (χ0) is 14.0. The first-order valence-electron chi connectivity index (χ1n) is 5.79. The minimum Gasteiger partial charge on any atom is -0.356 e. The first-order valence-corrected chi connectivity index (χ1v) is 6.16. The number of hydrogen-bond acceptors (Lipinski definition) is 2. The minimum absolute atomic E-state index is 0.177. The number of aromatic amines is 2. The number of amides is 1. The summed E-state index contributed by atoms with van der Waals surface area (Å²) in [5.74, 6) is -0.300. The first kappa shape index (κ1) is 13.4. The standard InChI is InChI=1S/C13H14ClN3O2/c1-7-3-8(2)17-12(18)10(7)6-16-13(19)11-4-9(14)5-15-11/h3-5,15H,6H2,1-2H3,(H,16,19)(H,17,18). The third-order valence-electron chi connectivity index (χ3n) is 2.81. The first-order chi connectivity index (χ1) is 8.97. The van der Waals surface area contributed by atoms with Crippen molar-refractivity contribution in [3.05, 3.63) is 56.2 Å². The van der Waals surface area contributed by atoms with Crippen LogP contribution in [0.2, 0.25) is 5.02 Å². The van der Waals surface area contributed by atoms with Gasteiger partial charge in [0.2, 0.25) is 0 Å². The summed E-state index contributed by atoms with van der Waals surface area (Å²) >= 11 is 5.72. The number of H-pyrrole nitrogens is 2. The second-order valence-electron chi connectivity index (χ2n) is 4.36. The van der Waals surface area contributed by atoms with Crippen LogP contribution in [0, 0.1) is 13.8 Å². The highest BCUT2D eigenvalue weighted by Gasteiger charge is 2.10. The minimum atomic E-state index is -0.300. The number of nitrogens with one attached hydrogen (secondary N) is 3. The molecule has 2 aromatic heterocycles. The van der Waals surface area contributed by atoms with E-state index in [9.17, 15) is 9.59 Å². The molecule has 0 saturated heterocycles. The number of halogens is 1. The van der Waals surface area contributed by atoms with E-state index in [0.717, 1.165) is 11.3 Å². The second-order valence-corrected chi connectivity index (χ2v) is 4.79. The van der Waals surface area contributed by atoms with Crippen LogP contribution in [-0.2, 0) is 6.54 Å². The van der Waals surface area contributed by atoms with Gasteiger partial charge in [0, 0.05) is 24.0 Å². The fourth-order valence-corrected chi connectivity index (χ4v) is 2.03. The molecule has 0 fully saturated rings. The van der Waals surface area contributed by atoms with E-state index in [1.807, 2.05) is 19.9 Å². The Morgan fingerprint density at radius 1 is 1.37 bits per heavy atom. The van der Waals surface area contributed by atoms with E-state index < -0.39 is 0 Å². The van der Waals surface area contributed by atoms with E-state index in [1.165, 1.54) is 12.3 Å². The summed E-state index contributed by atoms with van der Waals surface area (Å²) in [6, 6.07) is 3.40. The monoisotopic (exact) mass is 279 g/mol. The van der Waals surface area contributed by atoms with Crippen LogP contribution in [0.25, 0.3) is 0 Å². The number of carbonyl (C=O) groups is 1. The Morgan fingerprint density at radius 3 is 2.68 bits per heavy atom. The molecule has 5 nitrogen and oxygen atoms in total. The van der Waals surface area contributed by atoms with Crippen LogP contribution in [0.5, 0.6) is 0 Å². The maximum absolute atomic E-state index is 11.8. The SMILES string of the molecule is Cc1cc(C)c(CNC(=O)c2cc(Cl)c[nH]2)c(=O)[nH]1. The van der Waals surface area contributed by atoms with Crippen molar-refractivity contribution in [2.45, 2.75) is 20.4 Å². The number of aromatic nitrogens is 2. The molecule has 2 rings (SSSR count). The van der Waals surface area contributed by atoms with Gasteiger partial charge in [-0.15, -0.1) is 0 Å². The summed E-state index contributed by atoms with van der Waals surface area (Å²) in [4.78, 5) is 29.0. The zero-order valence-electron chi connectivity index (χ0n) is 10.6. The molecule has 0 saturated carbocycles. The summed E-state index contributed by atoms with van der Waals surface area (Å²) < 4.78 is 0. The lowest BCUT2D eigenvalue weighted by Crippen LogP contribution is -2.28. The summed E-state index contributed by atoms with van der Waals surface area (Å²) in [5.41, 5.74) is 2.39. The lowest BCUT2D eigenvalue weighted by molar-refractivity contribution is 0.0946. The van der Waals surface area contributed by atoms with E-state index in [1.54, 1.807) is 0 Å². The van der Waals surface area contributed by atoms with Gasteiger partial charge in [-0.2, -0.15) is 0 Å². The van der Waals surface area contributed by atoms with Crippen LogP contribution < -0.4 is 10.9 Å². The average Bonchev–Trinajstić information content (AvgIpc) is 2.74. The molecular formula is C13H14ClN3O2. The molecule has 0 atom stereocenters. The van der Waals surface area contributed by atoms with Gasteiger partial charge in [0.15, 0.2) is 0 Å². The van der Waals surface area contributed by atoms with Gasteiger partial charge in [-0.1, -0.05) is 11.6 Å². The summed E-state index contributed by atoms with van der Waals surface area (Å²) in [5, 5.41) is 3.15. The highest BCUT2D eigenvalue weighted by molar-refractivity contribution is 6.30. The fraction of sp³-hybridized carbons (Fsp3) is 0.231. The van der Waals surface area contributed by atoms with Crippen LogP contribution in [0.3, 0.4) is 0 Å². The smallest absolute Gasteiger partial charge is 0.268 e. The largest absolute Gasteiger partial charge is 0.356 e. The molecule has 0 aliphatic heterocycles. The van der Waals surface area contributed by atoms with Crippen molar-refractivity contribution in [2.75, 3.05) is 0 Å². The second kappa shape index (κ2) is 5.32. The molecule has 0 spiro atoms. The van der Waals surface area contributed by atoms with Crippen LogP contribution in [0.1, 0.15) is 27.3 Å². The van der Waals surface area contributed by atoms with Gasteiger partial charge in [-0.3, -0.25) is 9.59 Å². The topological polar surface area (TPSA) is 77.8 Å². The molecule has 0 aliphatic carbocycles. The third-order valence-corrected chi connectivity index (χ3v) is 3.03. The molecule has 6 heteroatoms. The van der Waals surface area contributed by atoms with Crippen LogP contribution >= 0.6 is 11.6 Å². The number of pyridine rings is 1. The molecule has 2 heterocycles. The van der Waals surface area contributed by atoms with Gasteiger partial charge in [0.1, 0.15) is 5.69 Å². The molecule has 0 aliphatic rings. The molecule has 19 heavy (non-hydrogen) atoms. The molecule has 100 valence electrons. The summed E-state index contributed by atoms with van der Waals surface area (Å²) in [7, 11) is 0. The summed E-state index contributed by atoms with van der Waals surface area (Å²) in [6.07, 6.45) is 1.53. The maximum atomic E-state index is 11.8. The van der Waals surface area contributed by atoms with Crippen LogP contribution in [0.15, 0.2) is 23.1 Å². The Labute approximate surface area is 115 Å². The molecule has 3 N–H and O–H groups in total. The normalized spacial score (nSPS) is 10.5. The van der Waals surface area contributed by atoms with E-state index in [-0.39, 0.29) is 18.0 Å². The van der Waals surface area contributed by atoms with Crippen molar-refractivity contribution in [1.82, 2.24) is 15.3 Å². The number of hydrogen-bond donors (Lipinski definition) is 3. The number of carbonyl (C=O) groups excluding carboxylic acids is 1. The number of rotatable bonds is 3. The van der Waals surface area contributed by atoms with Gasteiger partial charge in [0.25, 0.3) is 11.5 Å². The van der Waals surface area contributed by atoms with Crippen molar-refractivity contribution < 1.29 is 4.79 Å². The van der Waals surface area contributed by atoms with E-state index >= 15 is 0 Å². The van der Waals surface area contributed by atoms with Crippen LogP contribution in [0.4, 0.5) is 0 Å². The molecule has 2 aromatic rings. The molecule has 0 bridgehead atoms. The predicted octanol–water partition coefficient (Wildman–Crippen LogP) is 1.90. The lowest BCUT2D eigenvalue weighted by atomic mass is 10.1. The Balaban J connectivity index is 2.11. The van der Waals surface area contributed by atoms with Crippen molar-refractivity contribution in [2.24, 2.45) is 0 Å². The van der Waals surface area contributed by atoms with E-state index in [0.29, 0.717) is 16.3 Å². The van der Waals surface area contributed by atoms with Crippen molar-refractivity contribution in [3.63, 3.8) is 0 Å². The Hall–Kier alpha value is -2.01. The molecule has 0 radical (unpaired) electrons. The Kier molecular flexibility index (Phi) is 3.76. The van der Waals surface area contributed by atoms with Crippen molar-refractivity contribution in [1.29, 1.82) is 0 Å². The van der Waals surface area contributed by atoms with Gasteiger partial charge >= 0.3 is 0 Å². The van der Waals surface area contributed by atoms with Gasteiger partial charge in [-0.25, -0.2) is 0 Å². The van der Waals surface area contributed by atoms with E-state index in [2.05, 4.69) is 15.3 Å². The number of aryl methyl sites for hydroxylation is 2. The fourth-order valence-electron chi connectivity index (χ4n) is 1.86. The van der Waals surface area contributed by atoms with Crippen molar-refractivity contribution >= 4 is 17.5 Å². The molecule has 1 amide bonds. The van der Waals surface area contributed by atoms with Gasteiger partial charge in [-0.05, 0) is 31.5 Å². The molecular weight excluding hydrogens is 266 g/mol. The average molecular weight is 280 g/mol. The lowest BCUT2D eigenvalue weighted by Gasteiger charge is -2.07. The van der Waals surface area contributed by atoms with Gasteiger partial charge < -0.3 is 15.3 Å².